The van der Waals surface area contributed by atoms with Gasteiger partial charge in [-0.3, -0.25) is 0 Å². The maximum absolute atomic E-state index is 5.73. The van der Waals surface area contributed by atoms with Gasteiger partial charge in [0.15, 0.2) is 5.13 Å². The van der Waals surface area contributed by atoms with Crippen molar-refractivity contribution in [3.63, 3.8) is 0 Å². The number of aromatic nitrogens is 1. The zero-order valence-electron chi connectivity index (χ0n) is 8.06. The molecule has 1 aromatic carbocycles. The third-order valence-electron chi connectivity index (χ3n) is 2.44. The first kappa shape index (κ1) is 8.73. The van der Waals surface area contributed by atoms with Crippen molar-refractivity contribution in [2.24, 2.45) is 0 Å². The van der Waals surface area contributed by atoms with Crippen LogP contribution in [0.1, 0.15) is 4.88 Å². The second-order valence-corrected chi connectivity index (χ2v) is 4.53. The summed E-state index contributed by atoms with van der Waals surface area (Å²) in [7, 11) is 0. The van der Waals surface area contributed by atoms with Gasteiger partial charge in [-0.1, -0.05) is 12.1 Å². The lowest BCUT2D eigenvalue weighted by molar-refractivity contribution is 0.327. The van der Waals surface area contributed by atoms with Crippen LogP contribution in [0.2, 0.25) is 0 Å². The van der Waals surface area contributed by atoms with E-state index in [1.807, 2.05) is 24.3 Å². The summed E-state index contributed by atoms with van der Waals surface area (Å²) in [5, 5.41) is 0.636. The summed E-state index contributed by atoms with van der Waals surface area (Å²) in [4.78, 5) is 5.59. The van der Waals surface area contributed by atoms with E-state index in [9.17, 15) is 0 Å². The molecule has 1 aliphatic rings. The fourth-order valence-corrected chi connectivity index (χ4v) is 2.62. The van der Waals surface area contributed by atoms with Gasteiger partial charge < -0.3 is 10.5 Å². The normalized spacial score (nSPS) is 13.6. The molecule has 0 fully saturated rings. The van der Waals surface area contributed by atoms with Crippen molar-refractivity contribution < 1.29 is 4.74 Å². The Balaban J connectivity index is 2.26. The quantitative estimate of drug-likeness (QED) is 0.738. The molecule has 1 aliphatic heterocycles. The zero-order valence-corrected chi connectivity index (χ0v) is 8.88. The summed E-state index contributed by atoms with van der Waals surface area (Å²) in [6.07, 6.45) is 0.888. The lowest BCUT2D eigenvalue weighted by atomic mass is 10.1. The Morgan fingerprint density at radius 1 is 1.33 bits per heavy atom. The standard InChI is InChI=1S/C11H10N2OS/c12-11-13-10-7-3-1-2-4-8(7)14-6-5-9(10)15-11/h1-4H,5-6H2,(H2,12,13). The second kappa shape index (κ2) is 3.24. The van der Waals surface area contributed by atoms with E-state index in [0.29, 0.717) is 11.7 Å². The first-order valence-corrected chi connectivity index (χ1v) is 5.63. The zero-order chi connectivity index (χ0) is 10.3. The highest BCUT2D eigenvalue weighted by Crippen LogP contribution is 2.37. The Morgan fingerprint density at radius 2 is 2.20 bits per heavy atom. The summed E-state index contributed by atoms with van der Waals surface area (Å²) < 4.78 is 5.65. The van der Waals surface area contributed by atoms with Crippen molar-refractivity contribution in [1.29, 1.82) is 0 Å². The van der Waals surface area contributed by atoms with Crippen LogP contribution in [0.3, 0.4) is 0 Å². The van der Waals surface area contributed by atoms with E-state index in [1.165, 1.54) is 4.88 Å². The smallest absolute Gasteiger partial charge is 0.180 e. The number of nitrogens with two attached hydrogens (primary N) is 1. The summed E-state index contributed by atoms with van der Waals surface area (Å²) >= 11 is 1.55. The van der Waals surface area contributed by atoms with Gasteiger partial charge in [-0.05, 0) is 12.1 Å². The van der Waals surface area contributed by atoms with Crippen molar-refractivity contribution in [1.82, 2.24) is 4.98 Å². The SMILES string of the molecule is Nc1nc2c(s1)CCOc1ccccc1-2. The molecule has 2 heterocycles. The van der Waals surface area contributed by atoms with Crippen molar-refractivity contribution in [2.75, 3.05) is 12.3 Å². The van der Waals surface area contributed by atoms with E-state index >= 15 is 0 Å². The highest BCUT2D eigenvalue weighted by molar-refractivity contribution is 7.15. The topological polar surface area (TPSA) is 48.1 Å². The van der Waals surface area contributed by atoms with Gasteiger partial charge >= 0.3 is 0 Å². The minimum Gasteiger partial charge on any atom is -0.493 e. The van der Waals surface area contributed by atoms with Crippen LogP contribution in [0.5, 0.6) is 5.75 Å². The number of fused-ring (bicyclic) bond motifs is 3. The number of anilines is 1. The van der Waals surface area contributed by atoms with E-state index in [4.69, 9.17) is 10.5 Å². The monoisotopic (exact) mass is 218 g/mol. The summed E-state index contributed by atoms with van der Waals surface area (Å²) in [5.41, 5.74) is 7.78. The van der Waals surface area contributed by atoms with Crippen molar-refractivity contribution in [2.45, 2.75) is 6.42 Å². The minimum atomic E-state index is 0.636. The number of benzene rings is 1. The van der Waals surface area contributed by atoms with Gasteiger partial charge in [-0.15, -0.1) is 11.3 Å². The second-order valence-electron chi connectivity index (χ2n) is 3.42. The average Bonchev–Trinajstić information content (AvgIpc) is 2.52. The number of para-hydroxylation sites is 1. The molecule has 0 bridgehead atoms. The molecule has 15 heavy (non-hydrogen) atoms. The first-order chi connectivity index (χ1) is 7.34. The number of rotatable bonds is 0. The lowest BCUT2D eigenvalue weighted by Crippen LogP contribution is -1.97. The third kappa shape index (κ3) is 1.37. The van der Waals surface area contributed by atoms with Crippen LogP contribution in [0.15, 0.2) is 24.3 Å². The molecule has 3 rings (SSSR count). The van der Waals surface area contributed by atoms with E-state index in [0.717, 1.165) is 23.4 Å². The number of hydrogen-bond donors (Lipinski definition) is 1. The Bertz CT molecular complexity index is 507. The van der Waals surface area contributed by atoms with Gasteiger partial charge in [0, 0.05) is 16.9 Å². The fraction of sp³-hybridized carbons (Fsp3) is 0.182. The maximum Gasteiger partial charge on any atom is 0.180 e. The molecule has 2 N–H and O–H groups in total. The molecule has 3 nitrogen and oxygen atoms in total. The predicted molar refractivity (Wildman–Crippen MR) is 61.2 cm³/mol. The van der Waals surface area contributed by atoms with E-state index in [1.54, 1.807) is 11.3 Å². The summed E-state index contributed by atoms with van der Waals surface area (Å²) in [6.45, 7) is 0.700. The Morgan fingerprint density at radius 3 is 3.13 bits per heavy atom. The highest BCUT2D eigenvalue weighted by Gasteiger charge is 2.18. The number of nitrogens with zero attached hydrogens (tertiary/aromatic N) is 1. The van der Waals surface area contributed by atoms with Crippen molar-refractivity contribution in [3.8, 4) is 17.0 Å². The molecular formula is C11H10N2OS. The molecule has 0 radical (unpaired) electrons. The number of thiazole rings is 1. The summed E-state index contributed by atoms with van der Waals surface area (Å²) in [6, 6.07) is 7.96. The van der Waals surface area contributed by atoms with E-state index < -0.39 is 0 Å². The largest absolute Gasteiger partial charge is 0.493 e. The number of hydrogen-bond acceptors (Lipinski definition) is 4. The minimum absolute atomic E-state index is 0.636. The fourth-order valence-electron chi connectivity index (χ4n) is 1.79. The van der Waals surface area contributed by atoms with Gasteiger partial charge in [-0.25, -0.2) is 4.98 Å². The van der Waals surface area contributed by atoms with Crippen LogP contribution >= 0.6 is 11.3 Å². The van der Waals surface area contributed by atoms with Crippen LogP contribution in [-0.4, -0.2) is 11.6 Å². The molecule has 0 unspecified atom stereocenters. The molecule has 0 saturated carbocycles. The molecule has 0 aliphatic carbocycles. The highest BCUT2D eigenvalue weighted by atomic mass is 32.1. The van der Waals surface area contributed by atoms with E-state index in [-0.39, 0.29) is 0 Å². The Hall–Kier alpha value is -1.55. The average molecular weight is 218 g/mol. The van der Waals surface area contributed by atoms with Crippen LogP contribution in [0.25, 0.3) is 11.3 Å². The summed E-state index contributed by atoms with van der Waals surface area (Å²) in [5.74, 6) is 0.904. The van der Waals surface area contributed by atoms with Gasteiger partial charge in [0.25, 0.3) is 0 Å². The van der Waals surface area contributed by atoms with Gasteiger partial charge in [0.2, 0.25) is 0 Å². The first-order valence-electron chi connectivity index (χ1n) is 4.82. The Labute approximate surface area is 91.5 Å². The van der Waals surface area contributed by atoms with Crippen LogP contribution in [-0.2, 0) is 6.42 Å². The van der Waals surface area contributed by atoms with Crippen molar-refractivity contribution >= 4 is 16.5 Å². The Kier molecular flexibility index (Phi) is 1.89. The predicted octanol–water partition coefficient (Wildman–Crippen LogP) is 2.33. The molecule has 4 heteroatoms. The maximum atomic E-state index is 5.73. The molecule has 0 saturated heterocycles. The third-order valence-corrected chi connectivity index (χ3v) is 3.39. The van der Waals surface area contributed by atoms with Crippen LogP contribution in [0.4, 0.5) is 5.13 Å². The van der Waals surface area contributed by atoms with Gasteiger partial charge in [-0.2, -0.15) is 0 Å². The number of nitrogen functional groups attached to an aromatic ring is 1. The molecule has 1 aromatic heterocycles. The molecule has 2 aromatic rings. The van der Waals surface area contributed by atoms with Crippen molar-refractivity contribution in [3.05, 3.63) is 29.1 Å². The molecule has 0 amide bonds. The molecule has 76 valence electrons. The molecular weight excluding hydrogens is 208 g/mol. The lowest BCUT2D eigenvalue weighted by Gasteiger charge is -2.04. The number of ether oxygens (including phenoxy) is 1. The van der Waals surface area contributed by atoms with Crippen LogP contribution in [0, 0.1) is 0 Å². The molecule has 0 atom stereocenters. The van der Waals surface area contributed by atoms with E-state index in [2.05, 4.69) is 4.98 Å². The van der Waals surface area contributed by atoms with Gasteiger partial charge in [0.1, 0.15) is 5.75 Å². The van der Waals surface area contributed by atoms with Gasteiger partial charge in [0.05, 0.1) is 12.3 Å². The van der Waals surface area contributed by atoms with Crippen LogP contribution < -0.4 is 10.5 Å². The molecule has 0 spiro atoms.